The molecule has 1 atom stereocenters. The molecule has 0 saturated carbocycles. The van der Waals surface area contributed by atoms with Crippen molar-refractivity contribution < 1.29 is 4.39 Å². The van der Waals surface area contributed by atoms with Crippen LogP contribution in [0.15, 0.2) is 59.5 Å². The molecule has 4 heterocycles. The first-order valence-electron chi connectivity index (χ1n) is 10.2. The van der Waals surface area contributed by atoms with Gasteiger partial charge in [0.05, 0.1) is 10.7 Å². The van der Waals surface area contributed by atoms with Gasteiger partial charge in [0.15, 0.2) is 11.5 Å². The van der Waals surface area contributed by atoms with Gasteiger partial charge in [-0.2, -0.15) is 4.98 Å². The zero-order valence-corrected chi connectivity index (χ0v) is 18.0. The van der Waals surface area contributed by atoms with Gasteiger partial charge in [0.1, 0.15) is 5.82 Å². The lowest BCUT2D eigenvalue weighted by Gasteiger charge is -2.24. The first kappa shape index (κ1) is 18.5. The van der Waals surface area contributed by atoms with Crippen molar-refractivity contribution in [3.05, 3.63) is 76.5 Å². The molecule has 0 bridgehead atoms. The zero-order valence-electron chi connectivity index (χ0n) is 16.4. The molecule has 0 unspecified atom stereocenters. The maximum absolute atomic E-state index is 13.7. The second-order valence-electron chi connectivity index (χ2n) is 7.83. The first-order chi connectivity index (χ1) is 15.2. The predicted octanol–water partition coefficient (Wildman–Crippen LogP) is 5.14. The summed E-state index contributed by atoms with van der Waals surface area (Å²) in [5.74, 6) is 0.706. The molecule has 1 aromatic carbocycles. The minimum Gasteiger partial charge on any atom is -0.358 e. The number of rotatable bonds is 3. The number of aromatic nitrogens is 5. The number of aromatic amines is 1. The fraction of sp³-hybridized carbons (Fsp3) is 0.174. The van der Waals surface area contributed by atoms with Crippen LogP contribution in [-0.4, -0.2) is 30.4 Å². The van der Waals surface area contributed by atoms with E-state index in [4.69, 9.17) is 4.98 Å². The number of anilines is 1. The summed E-state index contributed by atoms with van der Waals surface area (Å²) in [6, 6.07) is 12.0. The second kappa shape index (κ2) is 7.16. The number of H-pyrrole nitrogens is 1. The van der Waals surface area contributed by atoms with Crippen LogP contribution in [0.1, 0.15) is 17.7 Å². The lowest BCUT2D eigenvalue weighted by Crippen LogP contribution is -2.28. The van der Waals surface area contributed by atoms with Crippen molar-refractivity contribution >= 4 is 38.4 Å². The van der Waals surface area contributed by atoms with Gasteiger partial charge < -0.3 is 10.3 Å². The van der Waals surface area contributed by atoms with Gasteiger partial charge in [-0.1, -0.05) is 18.2 Å². The average molecular weight is 477 g/mol. The van der Waals surface area contributed by atoms with E-state index in [0.29, 0.717) is 17.3 Å². The van der Waals surface area contributed by atoms with Crippen molar-refractivity contribution in [1.82, 2.24) is 24.3 Å². The molecular formula is C23H18BrFN6. The highest BCUT2D eigenvalue weighted by Gasteiger charge is 2.24. The number of hydrogen-bond donors (Lipinski definition) is 2. The smallest absolute Gasteiger partial charge is 0.210 e. The summed E-state index contributed by atoms with van der Waals surface area (Å²) in [6.45, 7) is 0. The first-order valence-corrected chi connectivity index (χ1v) is 11.0. The Morgan fingerprint density at radius 2 is 2.06 bits per heavy atom. The molecule has 1 aliphatic carbocycles. The highest BCUT2D eigenvalue weighted by atomic mass is 79.9. The largest absolute Gasteiger partial charge is 0.358 e. The number of halogens is 2. The Kier molecular flexibility index (Phi) is 4.27. The number of nitrogens with one attached hydrogen (secondary N) is 2. The van der Waals surface area contributed by atoms with Gasteiger partial charge in [-0.25, -0.2) is 9.37 Å². The van der Waals surface area contributed by atoms with Crippen LogP contribution in [0.2, 0.25) is 0 Å². The van der Waals surface area contributed by atoms with E-state index in [1.165, 1.54) is 34.4 Å². The Morgan fingerprint density at radius 3 is 2.97 bits per heavy atom. The number of pyridine rings is 1. The molecule has 8 heteroatoms. The van der Waals surface area contributed by atoms with E-state index >= 15 is 0 Å². The molecule has 0 fully saturated rings. The summed E-state index contributed by atoms with van der Waals surface area (Å²) >= 11 is 3.56. The van der Waals surface area contributed by atoms with Crippen molar-refractivity contribution in [1.29, 1.82) is 0 Å². The summed E-state index contributed by atoms with van der Waals surface area (Å²) in [5, 5.41) is 4.90. The summed E-state index contributed by atoms with van der Waals surface area (Å²) in [7, 11) is 0. The average Bonchev–Trinajstić information content (AvgIpc) is 3.34. The fourth-order valence-electron chi connectivity index (χ4n) is 4.40. The lowest BCUT2D eigenvalue weighted by molar-refractivity contribution is 0.601. The normalized spacial score (nSPS) is 16.0. The number of nitrogens with zero attached hydrogens (tertiary/aromatic N) is 4. The van der Waals surface area contributed by atoms with E-state index in [2.05, 4.69) is 60.5 Å². The Bertz CT molecular complexity index is 1440. The predicted molar refractivity (Wildman–Crippen MR) is 122 cm³/mol. The molecule has 0 aliphatic heterocycles. The summed E-state index contributed by atoms with van der Waals surface area (Å²) in [5.41, 5.74) is 5.14. The fourth-order valence-corrected chi connectivity index (χ4v) is 4.80. The van der Waals surface area contributed by atoms with Crippen LogP contribution in [0.5, 0.6) is 0 Å². The number of para-hydroxylation sites is 1. The maximum Gasteiger partial charge on any atom is 0.210 e. The van der Waals surface area contributed by atoms with Crippen LogP contribution >= 0.6 is 15.9 Å². The highest BCUT2D eigenvalue weighted by molar-refractivity contribution is 9.10. The Balaban J connectivity index is 1.39. The van der Waals surface area contributed by atoms with Gasteiger partial charge >= 0.3 is 0 Å². The number of hydrogen-bond acceptors (Lipinski definition) is 4. The molecule has 0 spiro atoms. The van der Waals surface area contributed by atoms with Gasteiger partial charge in [0.2, 0.25) is 5.95 Å². The third-order valence-corrected chi connectivity index (χ3v) is 6.47. The Labute approximate surface area is 185 Å². The number of aryl methyl sites for hydroxylation is 1. The van der Waals surface area contributed by atoms with Crippen LogP contribution in [0, 0.1) is 5.82 Å². The Hall–Kier alpha value is -3.26. The van der Waals surface area contributed by atoms with Crippen molar-refractivity contribution in [2.75, 3.05) is 5.32 Å². The van der Waals surface area contributed by atoms with Gasteiger partial charge in [-0.05, 0) is 59.0 Å². The molecule has 2 N–H and O–H groups in total. The second-order valence-corrected chi connectivity index (χ2v) is 8.69. The molecular weight excluding hydrogens is 459 g/mol. The van der Waals surface area contributed by atoms with Crippen LogP contribution in [-0.2, 0) is 12.8 Å². The summed E-state index contributed by atoms with van der Waals surface area (Å²) in [6.07, 6.45) is 7.56. The number of benzene rings is 1. The van der Waals surface area contributed by atoms with E-state index in [-0.39, 0.29) is 6.04 Å². The van der Waals surface area contributed by atoms with E-state index in [1.807, 2.05) is 16.7 Å². The molecule has 0 amide bonds. The third kappa shape index (κ3) is 3.18. The topological polar surface area (TPSA) is 70.9 Å². The third-order valence-electron chi connectivity index (χ3n) is 5.86. The summed E-state index contributed by atoms with van der Waals surface area (Å²) in [4.78, 5) is 16.9. The van der Waals surface area contributed by atoms with Crippen molar-refractivity contribution in [3.8, 4) is 11.4 Å². The monoisotopic (exact) mass is 476 g/mol. The molecule has 0 radical (unpaired) electrons. The minimum atomic E-state index is -0.413. The quantitative estimate of drug-likeness (QED) is 0.378. The Morgan fingerprint density at radius 1 is 1.16 bits per heavy atom. The van der Waals surface area contributed by atoms with Crippen molar-refractivity contribution in [3.63, 3.8) is 0 Å². The van der Waals surface area contributed by atoms with Crippen molar-refractivity contribution in [2.45, 2.75) is 25.3 Å². The standard InChI is InChI=1S/C23H18BrFN6/c24-18-7-8-31-22(18)29-21(13-9-14(25)12-26-11-13)30-23(31)27-15-5-6-20-17(10-15)16-3-1-2-4-19(16)28-20/h1-4,7-9,11-12,15,28H,5-6,10H2,(H,27,29,30)/t15-/m1/s1. The van der Waals surface area contributed by atoms with E-state index in [0.717, 1.165) is 29.4 Å². The molecule has 6 rings (SSSR count). The van der Waals surface area contributed by atoms with Gasteiger partial charge in [-0.15, -0.1) is 0 Å². The van der Waals surface area contributed by atoms with Crippen LogP contribution < -0.4 is 5.32 Å². The SMILES string of the molecule is Fc1cncc(-c2nc(N[C@@H]3CCc4[nH]c5ccccc5c4C3)n3ccc(Br)c3n2)c1. The van der Waals surface area contributed by atoms with Crippen molar-refractivity contribution in [2.24, 2.45) is 0 Å². The molecule has 1 aliphatic rings. The van der Waals surface area contributed by atoms with Gasteiger partial charge in [0.25, 0.3) is 0 Å². The van der Waals surface area contributed by atoms with E-state index < -0.39 is 5.82 Å². The zero-order chi connectivity index (χ0) is 20.9. The van der Waals surface area contributed by atoms with E-state index in [9.17, 15) is 4.39 Å². The van der Waals surface area contributed by atoms with Gasteiger partial charge in [0, 0.05) is 40.6 Å². The molecule has 154 valence electrons. The van der Waals surface area contributed by atoms with E-state index in [1.54, 1.807) is 6.20 Å². The van der Waals surface area contributed by atoms with Gasteiger partial charge in [-0.3, -0.25) is 9.38 Å². The van der Waals surface area contributed by atoms with Crippen LogP contribution in [0.3, 0.4) is 0 Å². The molecule has 4 aromatic heterocycles. The molecule has 5 aromatic rings. The summed E-state index contributed by atoms with van der Waals surface area (Å²) < 4.78 is 16.5. The van der Waals surface area contributed by atoms with Crippen LogP contribution in [0.25, 0.3) is 27.9 Å². The molecule has 31 heavy (non-hydrogen) atoms. The molecule has 6 nitrogen and oxygen atoms in total. The lowest BCUT2D eigenvalue weighted by atomic mass is 9.91. The minimum absolute atomic E-state index is 0.226. The highest BCUT2D eigenvalue weighted by Crippen LogP contribution is 2.31. The number of fused-ring (bicyclic) bond motifs is 4. The maximum atomic E-state index is 13.7. The van der Waals surface area contributed by atoms with Crippen LogP contribution in [0.4, 0.5) is 10.3 Å². The molecule has 0 saturated heterocycles.